The van der Waals surface area contributed by atoms with E-state index in [4.69, 9.17) is 11.6 Å². The zero-order chi connectivity index (χ0) is 9.68. The minimum absolute atomic E-state index is 0.250. The molecule has 1 N–H and O–H groups in total. The maximum atomic E-state index is 12.9. The zero-order valence-corrected chi connectivity index (χ0v) is 8.37. The molecule has 0 bridgehead atoms. The molecule has 0 saturated carbocycles. The number of nitrogens with one attached hydrogen (secondary N) is 1. The van der Waals surface area contributed by atoms with Gasteiger partial charge in [-0.1, -0.05) is 30.7 Å². The largest absolute Gasteiger partial charge is 0.317 e. The molecule has 1 aromatic carbocycles. The quantitative estimate of drug-likeness (QED) is 0.739. The average molecular weight is 202 g/mol. The molecule has 0 heterocycles. The molecule has 0 aliphatic rings. The molecule has 0 unspecified atom stereocenters. The van der Waals surface area contributed by atoms with E-state index in [1.165, 1.54) is 6.07 Å². The Hall–Kier alpha value is -0.600. The summed E-state index contributed by atoms with van der Waals surface area (Å²) in [6.07, 6.45) is 0.768. The summed E-state index contributed by atoms with van der Waals surface area (Å²) in [5, 5.41) is 3.41. The number of benzene rings is 1. The van der Waals surface area contributed by atoms with Gasteiger partial charge in [-0.25, -0.2) is 4.39 Å². The Labute approximate surface area is 82.9 Å². The molecular formula is C10H13ClFN. The van der Waals surface area contributed by atoms with Crippen molar-refractivity contribution in [1.29, 1.82) is 0 Å². The number of rotatable bonds is 4. The average Bonchev–Trinajstić information content (AvgIpc) is 2.13. The van der Waals surface area contributed by atoms with Crippen LogP contribution in [0.4, 0.5) is 4.39 Å². The molecule has 3 heteroatoms. The number of halogens is 2. The molecule has 0 aliphatic carbocycles. The van der Waals surface area contributed by atoms with E-state index in [1.807, 2.05) is 13.0 Å². The Balaban J connectivity index is 2.61. The first-order valence-corrected chi connectivity index (χ1v) is 4.77. The zero-order valence-electron chi connectivity index (χ0n) is 7.61. The SMILES string of the molecule is CCNCCc1cccc(F)c1Cl. The second-order valence-corrected chi connectivity index (χ2v) is 3.19. The summed E-state index contributed by atoms with van der Waals surface area (Å²) in [6, 6.07) is 4.91. The highest BCUT2D eigenvalue weighted by Crippen LogP contribution is 2.19. The summed E-state index contributed by atoms with van der Waals surface area (Å²) in [4.78, 5) is 0. The van der Waals surface area contributed by atoms with Gasteiger partial charge in [0.15, 0.2) is 0 Å². The minimum Gasteiger partial charge on any atom is -0.317 e. The molecule has 0 amide bonds. The van der Waals surface area contributed by atoms with E-state index >= 15 is 0 Å². The lowest BCUT2D eigenvalue weighted by molar-refractivity contribution is 0.624. The van der Waals surface area contributed by atoms with Crippen LogP contribution in [0.5, 0.6) is 0 Å². The van der Waals surface area contributed by atoms with E-state index in [1.54, 1.807) is 6.07 Å². The molecular weight excluding hydrogens is 189 g/mol. The lowest BCUT2D eigenvalue weighted by Gasteiger charge is -2.04. The highest BCUT2D eigenvalue weighted by atomic mass is 35.5. The summed E-state index contributed by atoms with van der Waals surface area (Å²) in [6.45, 7) is 3.79. The smallest absolute Gasteiger partial charge is 0.142 e. The van der Waals surface area contributed by atoms with E-state index in [9.17, 15) is 4.39 Å². The molecule has 0 fully saturated rings. The summed E-state index contributed by atoms with van der Waals surface area (Å²) in [5.41, 5.74) is 0.864. The van der Waals surface area contributed by atoms with Crippen molar-refractivity contribution >= 4 is 11.6 Å². The number of likely N-dealkylation sites (N-methyl/N-ethyl adjacent to an activating group) is 1. The van der Waals surface area contributed by atoms with Crippen molar-refractivity contribution < 1.29 is 4.39 Å². The van der Waals surface area contributed by atoms with Crippen molar-refractivity contribution in [2.45, 2.75) is 13.3 Å². The Kier molecular flexibility index (Phi) is 4.19. The fourth-order valence-electron chi connectivity index (χ4n) is 1.14. The van der Waals surface area contributed by atoms with Crippen LogP contribution in [0.2, 0.25) is 5.02 Å². The van der Waals surface area contributed by atoms with Crippen LogP contribution in [-0.2, 0) is 6.42 Å². The van der Waals surface area contributed by atoms with E-state index < -0.39 is 0 Å². The van der Waals surface area contributed by atoms with Crippen molar-refractivity contribution in [1.82, 2.24) is 5.32 Å². The normalized spacial score (nSPS) is 10.4. The molecule has 0 radical (unpaired) electrons. The van der Waals surface area contributed by atoms with Crippen molar-refractivity contribution in [3.63, 3.8) is 0 Å². The predicted octanol–water partition coefficient (Wildman–Crippen LogP) is 2.63. The van der Waals surface area contributed by atoms with Crippen molar-refractivity contribution in [2.24, 2.45) is 0 Å². The van der Waals surface area contributed by atoms with Gasteiger partial charge in [0.2, 0.25) is 0 Å². The standard InChI is InChI=1S/C10H13ClFN/c1-2-13-7-6-8-4-3-5-9(12)10(8)11/h3-5,13H,2,6-7H2,1H3. The van der Waals surface area contributed by atoms with Gasteiger partial charge in [0.25, 0.3) is 0 Å². The van der Waals surface area contributed by atoms with Gasteiger partial charge in [-0.15, -0.1) is 0 Å². The van der Waals surface area contributed by atoms with Gasteiger partial charge < -0.3 is 5.32 Å². The topological polar surface area (TPSA) is 12.0 Å². The fraction of sp³-hybridized carbons (Fsp3) is 0.400. The Morgan fingerprint density at radius 1 is 1.46 bits per heavy atom. The third kappa shape index (κ3) is 2.98. The Bertz CT molecular complexity index is 276. The van der Waals surface area contributed by atoms with Gasteiger partial charge in [0.05, 0.1) is 5.02 Å². The first-order chi connectivity index (χ1) is 6.25. The van der Waals surface area contributed by atoms with Crippen LogP contribution in [0.1, 0.15) is 12.5 Å². The molecule has 72 valence electrons. The molecule has 1 rings (SSSR count). The van der Waals surface area contributed by atoms with Crippen LogP contribution < -0.4 is 5.32 Å². The Morgan fingerprint density at radius 3 is 2.92 bits per heavy atom. The van der Waals surface area contributed by atoms with Crippen LogP contribution in [-0.4, -0.2) is 13.1 Å². The lowest BCUT2D eigenvalue weighted by Crippen LogP contribution is -2.16. The van der Waals surface area contributed by atoms with Crippen LogP contribution in [0, 0.1) is 5.82 Å². The molecule has 1 aromatic rings. The summed E-state index contributed by atoms with van der Waals surface area (Å²) in [5.74, 6) is -0.337. The van der Waals surface area contributed by atoms with Crippen molar-refractivity contribution in [2.75, 3.05) is 13.1 Å². The molecule has 13 heavy (non-hydrogen) atoms. The number of hydrogen-bond donors (Lipinski definition) is 1. The third-order valence-corrected chi connectivity index (χ3v) is 2.28. The van der Waals surface area contributed by atoms with Gasteiger partial charge in [0.1, 0.15) is 5.82 Å². The maximum Gasteiger partial charge on any atom is 0.142 e. The number of hydrogen-bond acceptors (Lipinski definition) is 1. The van der Waals surface area contributed by atoms with Crippen molar-refractivity contribution in [3.05, 3.63) is 34.6 Å². The Morgan fingerprint density at radius 2 is 2.23 bits per heavy atom. The van der Waals surface area contributed by atoms with Gasteiger partial charge in [-0.2, -0.15) is 0 Å². The fourth-order valence-corrected chi connectivity index (χ4v) is 1.36. The van der Waals surface area contributed by atoms with Gasteiger partial charge in [-0.3, -0.25) is 0 Å². The molecule has 0 atom stereocenters. The summed E-state index contributed by atoms with van der Waals surface area (Å²) >= 11 is 5.77. The highest BCUT2D eigenvalue weighted by Gasteiger charge is 2.03. The summed E-state index contributed by atoms with van der Waals surface area (Å²) in [7, 11) is 0. The molecule has 0 aliphatic heterocycles. The van der Waals surface area contributed by atoms with Crippen LogP contribution >= 0.6 is 11.6 Å². The summed E-state index contributed by atoms with van der Waals surface area (Å²) < 4.78 is 12.9. The van der Waals surface area contributed by atoms with Crippen LogP contribution in [0.3, 0.4) is 0 Å². The molecule has 0 spiro atoms. The van der Waals surface area contributed by atoms with E-state index in [0.717, 1.165) is 25.1 Å². The van der Waals surface area contributed by atoms with Crippen LogP contribution in [0.25, 0.3) is 0 Å². The minimum atomic E-state index is -0.337. The van der Waals surface area contributed by atoms with Crippen LogP contribution in [0.15, 0.2) is 18.2 Å². The van der Waals surface area contributed by atoms with Gasteiger partial charge in [-0.05, 0) is 31.1 Å². The van der Waals surface area contributed by atoms with Gasteiger partial charge >= 0.3 is 0 Å². The predicted molar refractivity (Wildman–Crippen MR) is 53.7 cm³/mol. The van der Waals surface area contributed by atoms with E-state index in [0.29, 0.717) is 0 Å². The van der Waals surface area contributed by atoms with Gasteiger partial charge in [0, 0.05) is 0 Å². The molecule has 1 nitrogen and oxygen atoms in total. The van der Waals surface area contributed by atoms with Crippen molar-refractivity contribution in [3.8, 4) is 0 Å². The molecule has 0 aromatic heterocycles. The first kappa shape index (κ1) is 10.5. The third-order valence-electron chi connectivity index (χ3n) is 1.85. The lowest BCUT2D eigenvalue weighted by atomic mass is 10.1. The highest BCUT2D eigenvalue weighted by molar-refractivity contribution is 6.31. The second kappa shape index (κ2) is 5.20. The maximum absolute atomic E-state index is 12.9. The first-order valence-electron chi connectivity index (χ1n) is 4.39. The van der Waals surface area contributed by atoms with E-state index in [2.05, 4.69) is 5.32 Å². The second-order valence-electron chi connectivity index (χ2n) is 2.82. The monoisotopic (exact) mass is 201 g/mol. The van der Waals surface area contributed by atoms with E-state index in [-0.39, 0.29) is 10.8 Å². The molecule has 0 saturated heterocycles.